The standard InChI is InChI=1S/C17H18F2N2O2/c18-17(19)23-15-8-6-12(7-9-15)10-13(11-20)16(22)21-14-4-2-1-3-5-14/h6-10,14,17H,1-5H2,(H,21,22)/b13-10+. The highest BCUT2D eigenvalue weighted by molar-refractivity contribution is 6.01. The third-order valence-corrected chi connectivity index (χ3v) is 3.72. The number of nitrogens with one attached hydrogen (secondary N) is 1. The third-order valence-electron chi connectivity index (χ3n) is 3.72. The monoisotopic (exact) mass is 320 g/mol. The van der Waals surface area contributed by atoms with E-state index in [1.165, 1.54) is 36.8 Å². The zero-order valence-corrected chi connectivity index (χ0v) is 12.6. The molecule has 1 amide bonds. The molecule has 1 saturated carbocycles. The molecule has 0 radical (unpaired) electrons. The van der Waals surface area contributed by atoms with Gasteiger partial charge in [0.05, 0.1) is 0 Å². The van der Waals surface area contributed by atoms with E-state index < -0.39 is 12.5 Å². The van der Waals surface area contributed by atoms with Gasteiger partial charge in [0.2, 0.25) is 0 Å². The Balaban J connectivity index is 2.02. The van der Waals surface area contributed by atoms with Crippen LogP contribution in [0.1, 0.15) is 37.7 Å². The Labute approximate surface area is 133 Å². The number of carbonyl (C=O) groups excluding carboxylic acids is 1. The van der Waals surface area contributed by atoms with Crippen LogP contribution in [0.25, 0.3) is 6.08 Å². The Morgan fingerprint density at radius 2 is 1.91 bits per heavy atom. The van der Waals surface area contributed by atoms with Crippen molar-refractivity contribution in [3.63, 3.8) is 0 Å². The second kappa shape index (κ2) is 8.28. The van der Waals surface area contributed by atoms with E-state index in [2.05, 4.69) is 10.1 Å². The zero-order chi connectivity index (χ0) is 16.7. The molecule has 0 aromatic heterocycles. The molecule has 1 aromatic rings. The third kappa shape index (κ3) is 5.37. The molecule has 6 heteroatoms. The Hall–Kier alpha value is -2.42. The minimum Gasteiger partial charge on any atom is -0.435 e. The molecule has 1 aromatic carbocycles. The molecular weight excluding hydrogens is 302 g/mol. The van der Waals surface area contributed by atoms with Crippen LogP contribution < -0.4 is 10.1 Å². The number of nitriles is 1. The van der Waals surface area contributed by atoms with E-state index in [9.17, 15) is 13.6 Å². The predicted octanol–water partition coefficient (Wildman–Crippen LogP) is 3.64. The maximum atomic E-state index is 12.1. The number of hydrogen-bond acceptors (Lipinski definition) is 3. The topological polar surface area (TPSA) is 62.1 Å². The van der Waals surface area contributed by atoms with Gasteiger partial charge in [-0.15, -0.1) is 0 Å². The average molecular weight is 320 g/mol. The lowest BCUT2D eigenvalue weighted by Gasteiger charge is -2.22. The molecule has 1 fully saturated rings. The summed E-state index contributed by atoms with van der Waals surface area (Å²) in [6.45, 7) is -2.88. The minimum atomic E-state index is -2.88. The molecule has 0 atom stereocenters. The van der Waals surface area contributed by atoms with Crippen LogP contribution in [0.5, 0.6) is 5.75 Å². The fourth-order valence-corrected chi connectivity index (χ4v) is 2.57. The second-order valence-corrected chi connectivity index (χ2v) is 5.43. The highest BCUT2D eigenvalue weighted by Crippen LogP contribution is 2.19. The van der Waals surface area contributed by atoms with Crippen LogP contribution in [0.3, 0.4) is 0 Å². The molecule has 0 bridgehead atoms. The van der Waals surface area contributed by atoms with Crippen LogP contribution in [0, 0.1) is 11.3 Å². The summed E-state index contributed by atoms with van der Waals surface area (Å²) in [4.78, 5) is 12.1. The quantitative estimate of drug-likeness (QED) is 0.665. The molecule has 4 nitrogen and oxygen atoms in total. The van der Waals surface area contributed by atoms with Gasteiger partial charge in [0.15, 0.2) is 0 Å². The van der Waals surface area contributed by atoms with Gasteiger partial charge in [-0.05, 0) is 36.6 Å². The molecule has 1 N–H and O–H groups in total. The average Bonchev–Trinajstić information content (AvgIpc) is 2.54. The molecule has 0 spiro atoms. The lowest BCUT2D eigenvalue weighted by Crippen LogP contribution is -2.36. The van der Waals surface area contributed by atoms with Crippen molar-refractivity contribution in [2.24, 2.45) is 0 Å². The van der Waals surface area contributed by atoms with E-state index in [1.807, 2.05) is 6.07 Å². The number of rotatable bonds is 5. The maximum absolute atomic E-state index is 12.1. The normalized spacial score (nSPS) is 16.0. The molecule has 0 aliphatic heterocycles. The fraction of sp³-hybridized carbons (Fsp3) is 0.412. The van der Waals surface area contributed by atoms with Crippen molar-refractivity contribution >= 4 is 12.0 Å². The number of nitrogens with zero attached hydrogens (tertiary/aromatic N) is 1. The van der Waals surface area contributed by atoms with Gasteiger partial charge in [0.25, 0.3) is 5.91 Å². The smallest absolute Gasteiger partial charge is 0.387 e. The number of carbonyl (C=O) groups is 1. The largest absolute Gasteiger partial charge is 0.435 e. The van der Waals surface area contributed by atoms with Crippen molar-refractivity contribution in [2.45, 2.75) is 44.8 Å². The van der Waals surface area contributed by atoms with E-state index in [1.54, 1.807) is 0 Å². The minimum absolute atomic E-state index is 0.00176. The van der Waals surface area contributed by atoms with Gasteiger partial charge in [0.1, 0.15) is 17.4 Å². The number of amides is 1. The van der Waals surface area contributed by atoms with Gasteiger partial charge < -0.3 is 10.1 Å². The summed E-state index contributed by atoms with van der Waals surface area (Å²) in [5, 5.41) is 12.0. The summed E-state index contributed by atoms with van der Waals surface area (Å²) in [5.74, 6) is -0.366. The molecule has 122 valence electrons. The summed E-state index contributed by atoms with van der Waals surface area (Å²) >= 11 is 0. The van der Waals surface area contributed by atoms with Crippen LogP contribution in [0.4, 0.5) is 8.78 Å². The van der Waals surface area contributed by atoms with Crippen molar-refractivity contribution in [1.82, 2.24) is 5.32 Å². The number of halogens is 2. The maximum Gasteiger partial charge on any atom is 0.387 e. The number of ether oxygens (including phenoxy) is 1. The highest BCUT2D eigenvalue weighted by Gasteiger charge is 2.18. The molecule has 1 aliphatic carbocycles. The first kappa shape index (κ1) is 16.9. The van der Waals surface area contributed by atoms with Crippen LogP contribution >= 0.6 is 0 Å². The van der Waals surface area contributed by atoms with Crippen LogP contribution in [-0.2, 0) is 4.79 Å². The number of hydrogen-bond donors (Lipinski definition) is 1. The molecule has 1 aliphatic rings. The van der Waals surface area contributed by atoms with E-state index in [-0.39, 0.29) is 17.4 Å². The van der Waals surface area contributed by atoms with Gasteiger partial charge in [0, 0.05) is 6.04 Å². The van der Waals surface area contributed by atoms with Gasteiger partial charge in [-0.2, -0.15) is 14.0 Å². The lowest BCUT2D eigenvalue weighted by molar-refractivity contribution is -0.117. The van der Waals surface area contributed by atoms with E-state index in [0.717, 1.165) is 25.7 Å². The van der Waals surface area contributed by atoms with Crippen molar-refractivity contribution < 1.29 is 18.3 Å². The van der Waals surface area contributed by atoms with E-state index in [4.69, 9.17) is 5.26 Å². The van der Waals surface area contributed by atoms with Crippen LogP contribution in [0.15, 0.2) is 29.8 Å². The van der Waals surface area contributed by atoms with Crippen LogP contribution in [-0.4, -0.2) is 18.6 Å². The summed E-state index contributed by atoms with van der Waals surface area (Å²) in [5.41, 5.74) is 0.570. The SMILES string of the molecule is N#C/C(=C\c1ccc(OC(F)F)cc1)C(=O)NC1CCCCC1. The summed E-state index contributed by atoms with van der Waals surface area (Å²) in [7, 11) is 0. The van der Waals surface area contributed by atoms with Gasteiger partial charge in [-0.3, -0.25) is 4.79 Å². The number of alkyl halides is 2. The highest BCUT2D eigenvalue weighted by atomic mass is 19.3. The first-order chi connectivity index (χ1) is 11.1. The Morgan fingerprint density at radius 1 is 1.26 bits per heavy atom. The first-order valence-corrected chi connectivity index (χ1v) is 7.56. The van der Waals surface area contributed by atoms with E-state index >= 15 is 0 Å². The fourth-order valence-electron chi connectivity index (χ4n) is 2.57. The van der Waals surface area contributed by atoms with Crippen molar-refractivity contribution in [2.75, 3.05) is 0 Å². The lowest BCUT2D eigenvalue weighted by atomic mass is 9.95. The molecule has 0 saturated heterocycles. The van der Waals surface area contributed by atoms with Gasteiger partial charge in [-0.1, -0.05) is 31.4 Å². The molecule has 0 unspecified atom stereocenters. The first-order valence-electron chi connectivity index (χ1n) is 7.56. The van der Waals surface area contributed by atoms with Crippen molar-refractivity contribution in [1.29, 1.82) is 5.26 Å². The van der Waals surface area contributed by atoms with Crippen LogP contribution in [0.2, 0.25) is 0 Å². The summed E-state index contributed by atoms with van der Waals surface area (Å²) < 4.78 is 28.4. The summed E-state index contributed by atoms with van der Waals surface area (Å²) in [6, 6.07) is 7.77. The second-order valence-electron chi connectivity index (χ2n) is 5.43. The van der Waals surface area contributed by atoms with E-state index in [0.29, 0.717) is 5.56 Å². The van der Waals surface area contributed by atoms with Crippen molar-refractivity contribution in [3.8, 4) is 11.8 Å². The predicted molar refractivity (Wildman–Crippen MR) is 81.7 cm³/mol. The molecule has 0 heterocycles. The Kier molecular flexibility index (Phi) is 6.10. The van der Waals surface area contributed by atoms with Crippen molar-refractivity contribution in [3.05, 3.63) is 35.4 Å². The number of benzene rings is 1. The molecule has 2 rings (SSSR count). The zero-order valence-electron chi connectivity index (χ0n) is 12.6. The summed E-state index contributed by atoms with van der Waals surface area (Å²) in [6.07, 6.45) is 6.66. The molecule has 23 heavy (non-hydrogen) atoms. The molecular formula is C17H18F2N2O2. The Bertz CT molecular complexity index is 600. The van der Waals surface area contributed by atoms with Gasteiger partial charge >= 0.3 is 6.61 Å². The van der Waals surface area contributed by atoms with Gasteiger partial charge in [-0.25, -0.2) is 0 Å². The Morgan fingerprint density at radius 3 is 2.48 bits per heavy atom.